The predicted molar refractivity (Wildman–Crippen MR) is 65.3 cm³/mol. The first-order valence-corrected chi connectivity index (χ1v) is 4.71. The van der Waals surface area contributed by atoms with E-state index in [1.807, 2.05) is 12.1 Å². The summed E-state index contributed by atoms with van der Waals surface area (Å²) in [6.45, 7) is 2.16. The van der Waals surface area contributed by atoms with Crippen molar-refractivity contribution in [2.45, 2.75) is 19.7 Å². The van der Waals surface area contributed by atoms with Gasteiger partial charge >= 0.3 is 0 Å². The van der Waals surface area contributed by atoms with Crippen LogP contribution in [0.3, 0.4) is 0 Å². The van der Waals surface area contributed by atoms with Crippen LogP contribution < -0.4 is 5.32 Å². The molecular formula is C9H12BrCl2NO. The third-order valence-electron chi connectivity index (χ3n) is 1.62. The molecule has 0 spiro atoms. The Morgan fingerprint density at radius 2 is 2.07 bits per heavy atom. The van der Waals surface area contributed by atoms with Crippen LogP contribution >= 0.6 is 40.2 Å². The number of rotatable bonds is 3. The summed E-state index contributed by atoms with van der Waals surface area (Å²) in [5.74, 6) is 0. The van der Waals surface area contributed by atoms with Gasteiger partial charge in [-0.2, -0.15) is 0 Å². The minimum atomic E-state index is -0.546. The molecular weight excluding hydrogens is 289 g/mol. The summed E-state index contributed by atoms with van der Waals surface area (Å²) in [4.78, 5) is 0. The van der Waals surface area contributed by atoms with Gasteiger partial charge in [-0.05, 0) is 18.6 Å². The van der Waals surface area contributed by atoms with Crippen LogP contribution in [-0.2, 0) is 6.54 Å². The molecule has 0 aromatic heterocycles. The minimum absolute atomic E-state index is 0. The van der Waals surface area contributed by atoms with Gasteiger partial charge in [0, 0.05) is 6.54 Å². The van der Waals surface area contributed by atoms with E-state index in [2.05, 4.69) is 5.32 Å². The van der Waals surface area contributed by atoms with E-state index in [-0.39, 0.29) is 17.0 Å². The van der Waals surface area contributed by atoms with Crippen LogP contribution in [-0.4, -0.2) is 11.3 Å². The average molecular weight is 301 g/mol. The van der Waals surface area contributed by atoms with Crippen LogP contribution in [0.15, 0.2) is 18.2 Å². The maximum absolute atomic E-state index is 8.99. The van der Waals surface area contributed by atoms with Gasteiger partial charge in [0.25, 0.3) is 0 Å². The molecule has 1 atom stereocenters. The van der Waals surface area contributed by atoms with E-state index in [0.717, 1.165) is 5.56 Å². The van der Waals surface area contributed by atoms with Gasteiger partial charge in [-0.1, -0.05) is 35.3 Å². The molecule has 0 fully saturated rings. The lowest BCUT2D eigenvalue weighted by Gasteiger charge is -2.09. The van der Waals surface area contributed by atoms with E-state index in [1.54, 1.807) is 13.0 Å². The Balaban J connectivity index is 0.00000169. The maximum Gasteiger partial charge on any atom is 0.102 e. The number of nitrogens with one attached hydrogen (secondary N) is 1. The molecule has 0 heterocycles. The predicted octanol–water partition coefficient (Wildman–Crippen LogP) is 3.00. The van der Waals surface area contributed by atoms with Gasteiger partial charge in [0.15, 0.2) is 0 Å². The lowest BCUT2D eigenvalue weighted by molar-refractivity contribution is 0.155. The van der Waals surface area contributed by atoms with Crippen LogP contribution in [0.4, 0.5) is 0 Å². The van der Waals surface area contributed by atoms with Gasteiger partial charge in [0.05, 0.1) is 10.0 Å². The molecule has 0 bridgehead atoms. The highest BCUT2D eigenvalue weighted by Crippen LogP contribution is 2.25. The standard InChI is InChI=1S/C9H11Cl2NO.BrH/c1-6(13)12-5-7-3-2-4-8(10)9(7)11;/h2-4,6,12-13H,5H2,1H3;1H. The van der Waals surface area contributed by atoms with Gasteiger partial charge in [0.1, 0.15) is 6.23 Å². The first-order valence-electron chi connectivity index (χ1n) is 3.95. The van der Waals surface area contributed by atoms with Crippen molar-refractivity contribution in [2.24, 2.45) is 0 Å². The van der Waals surface area contributed by atoms with E-state index in [0.29, 0.717) is 16.6 Å². The monoisotopic (exact) mass is 299 g/mol. The molecule has 0 aliphatic carbocycles. The zero-order valence-corrected chi connectivity index (χ0v) is 10.9. The van der Waals surface area contributed by atoms with E-state index in [9.17, 15) is 0 Å². The Morgan fingerprint density at radius 1 is 1.43 bits per heavy atom. The van der Waals surface area contributed by atoms with Crippen molar-refractivity contribution in [3.63, 3.8) is 0 Å². The summed E-state index contributed by atoms with van der Waals surface area (Å²) in [6, 6.07) is 5.42. The molecule has 5 heteroatoms. The Hall–Kier alpha value is 0.200. The number of hydrogen-bond acceptors (Lipinski definition) is 2. The third kappa shape index (κ3) is 4.15. The Morgan fingerprint density at radius 3 is 2.64 bits per heavy atom. The van der Waals surface area contributed by atoms with Crippen molar-refractivity contribution in [1.29, 1.82) is 0 Å². The number of aliphatic hydroxyl groups excluding tert-OH is 1. The molecule has 1 aromatic carbocycles. The molecule has 80 valence electrons. The van der Waals surface area contributed by atoms with E-state index >= 15 is 0 Å². The quantitative estimate of drug-likeness (QED) is 0.841. The second-order valence-electron chi connectivity index (χ2n) is 2.77. The SMILES string of the molecule is Br.CC(O)NCc1cccc(Cl)c1Cl. The van der Waals surface area contributed by atoms with Gasteiger partial charge < -0.3 is 5.11 Å². The second kappa shape index (κ2) is 6.64. The molecule has 0 saturated carbocycles. The highest BCUT2D eigenvalue weighted by Gasteiger charge is 2.04. The topological polar surface area (TPSA) is 32.3 Å². The molecule has 0 amide bonds. The fourth-order valence-electron chi connectivity index (χ4n) is 0.943. The summed E-state index contributed by atoms with van der Waals surface area (Å²) in [5, 5.41) is 12.9. The van der Waals surface area contributed by atoms with E-state index < -0.39 is 6.23 Å². The second-order valence-corrected chi connectivity index (χ2v) is 3.55. The summed E-state index contributed by atoms with van der Waals surface area (Å²) in [7, 11) is 0. The van der Waals surface area contributed by atoms with E-state index in [4.69, 9.17) is 28.3 Å². The van der Waals surface area contributed by atoms with Gasteiger partial charge in [0.2, 0.25) is 0 Å². The summed E-state index contributed by atoms with van der Waals surface area (Å²) < 4.78 is 0. The smallest absolute Gasteiger partial charge is 0.102 e. The van der Waals surface area contributed by atoms with Crippen molar-refractivity contribution >= 4 is 40.2 Å². The van der Waals surface area contributed by atoms with E-state index in [1.165, 1.54) is 0 Å². The molecule has 2 N–H and O–H groups in total. The van der Waals surface area contributed by atoms with Crippen LogP contribution in [0.2, 0.25) is 10.0 Å². The van der Waals surface area contributed by atoms with Gasteiger partial charge in [-0.25, -0.2) is 0 Å². The summed E-state index contributed by atoms with van der Waals surface area (Å²) >= 11 is 11.7. The molecule has 1 rings (SSSR count). The summed E-state index contributed by atoms with van der Waals surface area (Å²) in [6.07, 6.45) is -0.546. The first kappa shape index (κ1) is 14.2. The van der Waals surface area contributed by atoms with Gasteiger partial charge in [-0.3, -0.25) is 5.32 Å². The molecule has 0 aliphatic rings. The number of aliphatic hydroxyl groups is 1. The van der Waals surface area contributed by atoms with Crippen molar-refractivity contribution in [3.8, 4) is 0 Å². The Kier molecular flexibility index (Phi) is 6.74. The first-order chi connectivity index (χ1) is 6.11. The normalized spacial score (nSPS) is 12.0. The molecule has 14 heavy (non-hydrogen) atoms. The van der Waals surface area contributed by atoms with Crippen LogP contribution in [0, 0.1) is 0 Å². The Labute approximate surface area is 104 Å². The molecule has 2 nitrogen and oxygen atoms in total. The van der Waals surface area contributed by atoms with Crippen LogP contribution in [0.5, 0.6) is 0 Å². The molecule has 1 aromatic rings. The van der Waals surface area contributed by atoms with Crippen LogP contribution in [0.1, 0.15) is 12.5 Å². The van der Waals surface area contributed by atoms with Crippen molar-refractivity contribution < 1.29 is 5.11 Å². The molecule has 0 radical (unpaired) electrons. The number of halogens is 3. The average Bonchev–Trinajstić information content (AvgIpc) is 2.07. The number of benzene rings is 1. The largest absolute Gasteiger partial charge is 0.379 e. The highest BCUT2D eigenvalue weighted by atomic mass is 79.9. The zero-order valence-electron chi connectivity index (χ0n) is 7.63. The third-order valence-corrected chi connectivity index (χ3v) is 2.48. The summed E-state index contributed by atoms with van der Waals surface area (Å²) in [5.41, 5.74) is 0.884. The van der Waals surface area contributed by atoms with Crippen LogP contribution in [0.25, 0.3) is 0 Å². The zero-order chi connectivity index (χ0) is 9.84. The molecule has 0 aliphatic heterocycles. The lowest BCUT2D eigenvalue weighted by atomic mass is 10.2. The minimum Gasteiger partial charge on any atom is -0.379 e. The maximum atomic E-state index is 8.99. The van der Waals surface area contributed by atoms with Crippen molar-refractivity contribution in [3.05, 3.63) is 33.8 Å². The van der Waals surface area contributed by atoms with Gasteiger partial charge in [-0.15, -0.1) is 17.0 Å². The van der Waals surface area contributed by atoms with Crippen molar-refractivity contribution in [2.75, 3.05) is 0 Å². The lowest BCUT2D eigenvalue weighted by Crippen LogP contribution is -2.24. The van der Waals surface area contributed by atoms with Crippen molar-refractivity contribution in [1.82, 2.24) is 5.32 Å². The molecule has 1 unspecified atom stereocenters. The Bertz CT molecular complexity index is 294. The highest BCUT2D eigenvalue weighted by molar-refractivity contribution is 8.93. The fourth-order valence-corrected chi connectivity index (χ4v) is 1.33. The number of hydrogen-bond donors (Lipinski definition) is 2. The molecule has 0 saturated heterocycles. The fraction of sp³-hybridized carbons (Fsp3) is 0.333.